The SMILES string of the molecule is OP(O)Oc1cccc(-c2ccc(Cl)cc2)c1-c1ccc(Cl)cc1. The van der Waals surface area contributed by atoms with Crippen molar-refractivity contribution in [2.45, 2.75) is 0 Å². The van der Waals surface area contributed by atoms with E-state index < -0.39 is 8.60 Å². The first kappa shape index (κ1) is 17.2. The van der Waals surface area contributed by atoms with Crippen molar-refractivity contribution in [3.63, 3.8) is 0 Å². The molecule has 0 atom stereocenters. The Balaban J connectivity index is 2.21. The van der Waals surface area contributed by atoms with Gasteiger partial charge in [-0.05, 0) is 47.0 Å². The highest BCUT2D eigenvalue weighted by molar-refractivity contribution is 7.39. The summed E-state index contributed by atoms with van der Waals surface area (Å²) in [6, 6.07) is 20.1. The molecule has 0 saturated heterocycles. The minimum Gasteiger partial charge on any atom is -0.426 e. The number of halogens is 2. The van der Waals surface area contributed by atoms with Crippen LogP contribution >= 0.6 is 31.8 Å². The molecule has 0 aliphatic rings. The van der Waals surface area contributed by atoms with E-state index in [1.807, 2.05) is 30.3 Å². The second-order valence-corrected chi connectivity index (χ2v) is 6.60. The third-order valence-electron chi connectivity index (χ3n) is 3.49. The Morgan fingerprint density at radius 1 is 0.708 bits per heavy atom. The zero-order valence-corrected chi connectivity index (χ0v) is 14.8. The van der Waals surface area contributed by atoms with Gasteiger partial charge in [-0.1, -0.05) is 59.6 Å². The smallest absolute Gasteiger partial charge is 0.391 e. The number of benzene rings is 3. The van der Waals surface area contributed by atoms with Gasteiger partial charge in [0, 0.05) is 15.6 Å². The predicted octanol–water partition coefficient (Wildman–Crippen LogP) is 5.92. The van der Waals surface area contributed by atoms with Gasteiger partial charge in [-0.25, -0.2) is 0 Å². The van der Waals surface area contributed by atoms with Crippen LogP contribution in [0.1, 0.15) is 0 Å². The largest absolute Gasteiger partial charge is 0.426 e. The maximum atomic E-state index is 9.28. The molecule has 2 N–H and O–H groups in total. The number of hydrogen-bond donors (Lipinski definition) is 2. The van der Waals surface area contributed by atoms with E-state index in [2.05, 4.69) is 0 Å². The quantitative estimate of drug-likeness (QED) is 0.554. The van der Waals surface area contributed by atoms with Crippen molar-refractivity contribution in [1.29, 1.82) is 0 Å². The summed E-state index contributed by atoms with van der Waals surface area (Å²) in [5.74, 6) is 0.390. The van der Waals surface area contributed by atoms with Crippen molar-refractivity contribution in [3.8, 4) is 28.0 Å². The van der Waals surface area contributed by atoms with E-state index in [-0.39, 0.29) is 0 Å². The molecule has 0 bridgehead atoms. The average molecular weight is 379 g/mol. The summed E-state index contributed by atoms with van der Waals surface area (Å²) in [6.07, 6.45) is 0. The fourth-order valence-corrected chi connectivity index (χ4v) is 3.06. The van der Waals surface area contributed by atoms with Crippen LogP contribution in [-0.4, -0.2) is 9.79 Å². The Morgan fingerprint density at radius 2 is 1.25 bits per heavy atom. The lowest BCUT2D eigenvalue weighted by Crippen LogP contribution is -1.92. The van der Waals surface area contributed by atoms with Gasteiger partial charge in [-0.3, -0.25) is 0 Å². The van der Waals surface area contributed by atoms with Gasteiger partial charge in [-0.15, -0.1) is 0 Å². The fourth-order valence-electron chi connectivity index (χ4n) is 2.48. The van der Waals surface area contributed by atoms with Crippen molar-refractivity contribution < 1.29 is 14.3 Å². The van der Waals surface area contributed by atoms with Crippen molar-refractivity contribution >= 4 is 31.8 Å². The highest BCUT2D eigenvalue weighted by Gasteiger charge is 2.16. The van der Waals surface area contributed by atoms with Crippen LogP contribution in [0.25, 0.3) is 22.3 Å². The Bertz CT molecular complexity index is 834. The molecule has 3 rings (SSSR count). The van der Waals surface area contributed by atoms with E-state index in [1.54, 1.807) is 36.4 Å². The molecule has 24 heavy (non-hydrogen) atoms. The lowest BCUT2D eigenvalue weighted by Gasteiger charge is -2.16. The molecule has 3 aromatic rings. The molecule has 0 fully saturated rings. The maximum Gasteiger partial charge on any atom is 0.391 e. The van der Waals surface area contributed by atoms with Gasteiger partial charge in [0.05, 0.1) is 0 Å². The van der Waals surface area contributed by atoms with E-state index >= 15 is 0 Å². The van der Waals surface area contributed by atoms with Crippen LogP contribution in [0.2, 0.25) is 10.0 Å². The molecule has 0 amide bonds. The van der Waals surface area contributed by atoms with Crippen molar-refractivity contribution in [2.24, 2.45) is 0 Å². The van der Waals surface area contributed by atoms with Crippen LogP contribution in [-0.2, 0) is 0 Å². The first-order chi connectivity index (χ1) is 11.5. The monoisotopic (exact) mass is 378 g/mol. The number of hydrogen-bond acceptors (Lipinski definition) is 3. The summed E-state index contributed by atoms with van der Waals surface area (Å²) in [4.78, 5) is 18.6. The molecule has 0 spiro atoms. The van der Waals surface area contributed by atoms with E-state index in [0.29, 0.717) is 15.8 Å². The molecule has 6 heteroatoms. The Kier molecular flexibility index (Phi) is 5.40. The molecule has 0 aromatic heterocycles. The summed E-state index contributed by atoms with van der Waals surface area (Å²) in [5.41, 5.74) is 3.45. The second-order valence-electron chi connectivity index (χ2n) is 5.04. The zero-order valence-electron chi connectivity index (χ0n) is 12.4. The highest BCUT2D eigenvalue weighted by Crippen LogP contribution is 2.43. The average Bonchev–Trinajstić information content (AvgIpc) is 2.56. The normalized spacial score (nSPS) is 10.9. The zero-order chi connectivity index (χ0) is 17.1. The van der Waals surface area contributed by atoms with E-state index in [9.17, 15) is 9.79 Å². The van der Waals surface area contributed by atoms with Crippen LogP contribution < -0.4 is 4.52 Å². The first-order valence-corrected chi connectivity index (χ1v) is 8.97. The Labute approximate surface area is 151 Å². The second kappa shape index (κ2) is 7.52. The molecule has 122 valence electrons. The van der Waals surface area contributed by atoms with Crippen LogP contribution in [0.3, 0.4) is 0 Å². The van der Waals surface area contributed by atoms with Crippen LogP contribution in [0.4, 0.5) is 0 Å². The Hall–Kier alpha value is -1.61. The maximum absolute atomic E-state index is 9.28. The molecule has 0 aliphatic heterocycles. The molecule has 0 aliphatic carbocycles. The molecule has 0 saturated carbocycles. The fraction of sp³-hybridized carbons (Fsp3) is 0. The minimum atomic E-state index is -2.52. The van der Waals surface area contributed by atoms with Gasteiger partial charge in [0.2, 0.25) is 0 Å². The molecule has 3 aromatic carbocycles. The highest BCUT2D eigenvalue weighted by atomic mass is 35.5. The molecule has 0 radical (unpaired) electrons. The lowest BCUT2D eigenvalue weighted by atomic mass is 9.94. The van der Waals surface area contributed by atoms with Crippen LogP contribution in [0, 0.1) is 0 Å². The van der Waals surface area contributed by atoms with Gasteiger partial charge in [0.15, 0.2) is 0 Å². The molecule has 3 nitrogen and oxygen atoms in total. The van der Waals surface area contributed by atoms with Gasteiger partial charge >= 0.3 is 8.60 Å². The van der Waals surface area contributed by atoms with E-state index in [0.717, 1.165) is 22.3 Å². The van der Waals surface area contributed by atoms with Gasteiger partial charge in [-0.2, -0.15) is 0 Å². The third-order valence-corrected chi connectivity index (χ3v) is 4.36. The lowest BCUT2D eigenvalue weighted by molar-refractivity contribution is 0.375. The Morgan fingerprint density at radius 3 is 1.79 bits per heavy atom. The van der Waals surface area contributed by atoms with Crippen molar-refractivity contribution in [2.75, 3.05) is 0 Å². The summed E-state index contributed by atoms with van der Waals surface area (Å²) in [5, 5.41) is 1.27. The van der Waals surface area contributed by atoms with Gasteiger partial charge in [0.25, 0.3) is 0 Å². The minimum absolute atomic E-state index is 0.390. The van der Waals surface area contributed by atoms with E-state index in [4.69, 9.17) is 27.7 Å². The standard InChI is InChI=1S/C18H13Cl2O3P/c19-14-8-4-12(5-9-14)16-2-1-3-17(23-24(21)22)18(16)13-6-10-15(20)11-7-13/h1-11,21-22H. The van der Waals surface area contributed by atoms with Crippen molar-refractivity contribution in [1.82, 2.24) is 0 Å². The summed E-state index contributed by atoms with van der Waals surface area (Å²) >= 11 is 11.9. The summed E-state index contributed by atoms with van der Waals surface area (Å²) in [7, 11) is -2.52. The summed E-state index contributed by atoms with van der Waals surface area (Å²) in [6.45, 7) is 0. The van der Waals surface area contributed by atoms with Gasteiger partial charge < -0.3 is 14.3 Å². The molecular formula is C18H13Cl2O3P. The topological polar surface area (TPSA) is 49.7 Å². The molecule has 0 unspecified atom stereocenters. The predicted molar refractivity (Wildman–Crippen MR) is 99.3 cm³/mol. The summed E-state index contributed by atoms with van der Waals surface area (Å²) < 4.78 is 5.23. The third kappa shape index (κ3) is 3.89. The number of rotatable bonds is 4. The molecular weight excluding hydrogens is 366 g/mol. The van der Waals surface area contributed by atoms with Crippen LogP contribution in [0.15, 0.2) is 66.7 Å². The first-order valence-electron chi connectivity index (χ1n) is 7.05. The van der Waals surface area contributed by atoms with E-state index in [1.165, 1.54) is 0 Å². The van der Waals surface area contributed by atoms with Crippen molar-refractivity contribution in [3.05, 3.63) is 76.8 Å². The van der Waals surface area contributed by atoms with Crippen LogP contribution in [0.5, 0.6) is 5.75 Å². The molecule has 0 heterocycles. The van der Waals surface area contributed by atoms with Gasteiger partial charge in [0.1, 0.15) is 5.75 Å².